The molecule has 202 valence electrons. The maximum absolute atomic E-state index is 6.87. The van der Waals surface area contributed by atoms with Crippen LogP contribution in [0.2, 0.25) is 0 Å². The maximum atomic E-state index is 6.87. The quantitative estimate of drug-likeness (QED) is 0.218. The molecule has 2 aromatic heterocycles. The fourth-order valence-corrected chi connectivity index (χ4v) is 6.53. The Morgan fingerprint density at radius 2 is 1.09 bits per heavy atom. The summed E-state index contributed by atoms with van der Waals surface area (Å²) in [6.45, 7) is 0. The minimum absolute atomic E-state index is 0.836. The summed E-state index contributed by atoms with van der Waals surface area (Å²) in [5.41, 5.74) is 8.77. The molecule has 0 unspecified atom stereocenters. The van der Waals surface area contributed by atoms with Crippen LogP contribution in [0.25, 0.3) is 65.8 Å². The van der Waals surface area contributed by atoms with E-state index in [2.05, 4.69) is 144 Å². The molecule has 0 fully saturated rings. The number of fused-ring (bicyclic) bond motifs is 7. The Hall–Kier alpha value is -5.80. The lowest BCUT2D eigenvalue weighted by molar-refractivity contribution is 0.664. The third kappa shape index (κ3) is 3.68. The molecule has 0 aliphatic rings. The molecule has 0 atom stereocenters. The van der Waals surface area contributed by atoms with E-state index in [1.807, 2.05) is 12.1 Å². The van der Waals surface area contributed by atoms with Gasteiger partial charge in [0.05, 0.1) is 11.1 Å². The van der Waals surface area contributed by atoms with Crippen LogP contribution in [0, 0.1) is 0 Å². The monoisotopic (exact) mass is 551 g/mol. The Labute approximate surface area is 247 Å². The van der Waals surface area contributed by atoms with Gasteiger partial charge in [0.25, 0.3) is 0 Å². The maximum Gasteiger partial charge on any atom is 0.144 e. The summed E-state index contributed by atoms with van der Waals surface area (Å²) < 4.78 is 13.4. The smallest absolute Gasteiger partial charge is 0.144 e. The molecular weight excluding hydrogens is 526 g/mol. The second kappa shape index (κ2) is 9.37. The number of para-hydroxylation sites is 3. The first kappa shape index (κ1) is 23.9. The van der Waals surface area contributed by atoms with Crippen molar-refractivity contribution in [2.45, 2.75) is 0 Å². The molecule has 0 saturated heterocycles. The van der Waals surface area contributed by atoms with E-state index in [1.165, 1.54) is 10.8 Å². The molecule has 0 N–H and O–H groups in total. The van der Waals surface area contributed by atoms with E-state index in [4.69, 9.17) is 8.83 Å². The van der Waals surface area contributed by atoms with Crippen molar-refractivity contribution >= 4 is 71.7 Å². The van der Waals surface area contributed by atoms with Crippen LogP contribution in [0.15, 0.2) is 160 Å². The highest BCUT2D eigenvalue weighted by Gasteiger charge is 2.24. The lowest BCUT2D eigenvalue weighted by Gasteiger charge is -2.26. The molecule has 9 rings (SSSR count). The summed E-state index contributed by atoms with van der Waals surface area (Å²) in [6.07, 6.45) is 0. The number of nitrogens with zero attached hydrogens (tertiary/aromatic N) is 1. The van der Waals surface area contributed by atoms with Gasteiger partial charge in [-0.3, -0.25) is 0 Å². The van der Waals surface area contributed by atoms with Gasteiger partial charge in [0.1, 0.15) is 22.3 Å². The SMILES string of the molecule is c1ccc(N(c2ccccc2)c2cccc3oc4c(-c5ccc6ccccc6c5)c5c(cc4c23)oc2ccccc25)cc1. The number of furan rings is 2. The third-order valence-electron chi connectivity index (χ3n) is 8.41. The van der Waals surface area contributed by atoms with E-state index < -0.39 is 0 Å². The first-order valence-electron chi connectivity index (χ1n) is 14.5. The zero-order valence-electron chi connectivity index (χ0n) is 23.2. The summed E-state index contributed by atoms with van der Waals surface area (Å²) in [5.74, 6) is 0. The summed E-state index contributed by atoms with van der Waals surface area (Å²) >= 11 is 0. The van der Waals surface area contributed by atoms with Gasteiger partial charge in [0.15, 0.2) is 0 Å². The second-order valence-electron chi connectivity index (χ2n) is 10.9. The zero-order valence-corrected chi connectivity index (χ0v) is 23.2. The highest BCUT2D eigenvalue weighted by Crippen LogP contribution is 2.48. The van der Waals surface area contributed by atoms with Gasteiger partial charge in [0, 0.05) is 33.1 Å². The number of hydrogen-bond donors (Lipinski definition) is 0. The predicted octanol–water partition coefficient (Wildman–Crippen LogP) is 11.8. The Kier molecular flexibility index (Phi) is 5.20. The molecule has 0 bridgehead atoms. The normalized spacial score (nSPS) is 11.7. The first-order valence-corrected chi connectivity index (χ1v) is 14.5. The molecule has 0 aliphatic heterocycles. The molecule has 3 nitrogen and oxygen atoms in total. The zero-order chi connectivity index (χ0) is 28.3. The van der Waals surface area contributed by atoms with Crippen LogP contribution in [-0.4, -0.2) is 0 Å². The van der Waals surface area contributed by atoms with Crippen LogP contribution >= 0.6 is 0 Å². The Bertz CT molecular complexity index is 2410. The molecule has 0 aliphatic carbocycles. The summed E-state index contributed by atoms with van der Waals surface area (Å²) in [7, 11) is 0. The summed E-state index contributed by atoms with van der Waals surface area (Å²) in [4.78, 5) is 2.30. The fourth-order valence-electron chi connectivity index (χ4n) is 6.53. The van der Waals surface area contributed by atoms with Crippen molar-refractivity contribution in [2.24, 2.45) is 0 Å². The Balaban J connectivity index is 1.43. The standard InChI is InChI=1S/C40H25NO2/c1-3-14-29(15-4-1)41(30-16-5-2-6-17-30)33-19-11-21-35-38(33)32-25-36-39(31-18-9-10-20-34(31)42-36)37(40(32)43-35)28-23-22-26-12-7-8-13-27(26)24-28/h1-25H. The Morgan fingerprint density at radius 3 is 1.88 bits per heavy atom. The van der Waals surface area contributed by atoms with Gasteiger partial charge in [-0.25, -0.2) is 0 Å². The van der Waals surface area contributed by atoms with Gasteiger partial charge in [-0.15, -0.1) is 0 Å². The minimum Gasteiger partial charge on any atom is -0.456 e. The van der Waals surface area contributed by atoms with E-state index in [9.17, 15) is 0 Å². The minimum atomic E-state index is 0.836. The molecule has 3 heteroatoms. The van der Waals surface area contributed by atoms with Gasteiger partial charge >= 0.3 is 0 Å². The van der Waals surface area contributed by atoms with Crippen molar-refractivity contribution in [2.75, 3.05) is 4.90 Å². The second-order valence-corrected chi connectivity index (χ2v) is 10.9. The third-order valence-corrected chi connectivity index (χ3v) is 8.41. The van der Waals surface area contributed by atoms with E-state index in [-0.39, 0.29) is 0 Å². The average Bonchev–Trinajstić information content (AvgIpc) is 3.63. The van der Waals surface area contributed by atoms with Crippen LogP contribution in [0.4, 0.5) is 17.1 Å². The van der Waals surface area contributed by atoms with E-state index >= 15 is 0 Å². The molecule has 9 aromatic rings. The lowest BCUT2D eigenvalue weighted by Crippen LogP contribution is -2.09. The van der Waals surface area contributed by atoms with Gasteiger partial charge in [-0.1, -0.05) is 97.1 Å². The number of hydrogen-bond acceptors (Lipinski definition) is 3. The molecule has 7 aromatic carbocycles. The number of anilines is 3. The van der Waals surface area contributed by atoms with Crippen molar-refractivity contribution in [1.82, 2.24) is 0 Å². The van der Waals surface area contributed by atoms with Gasteiger partial charge in [0.2, 0.25) is 0 Å². The topological polar surface area (TPSA) is 29.5 Å². The number of benzene rings is 7. The molecular formula is C40H25NO2. The average molecular weight is 552 g/mol. The molecule has 0 amide bonds. The largest absolute Gasteiger partial charge is 0.456 e. The fraction of sp³-hybridized carbons (Fsp3) is 0. The van der Waals surface area contributed by atoms with Crippen LogP contribution in [0.3, 0.4) is 0 Å². The molecule has 2 heterocycles. The Morgan fingerprint density at radius 1 is 0.419 bits per heavy atom. The van der Waals surface area contributed by atoms with Gasteiger partial charge in [-0.2, -0.15) is 0 Å². The van der Waals surface area contributed by atoms with Gasteiger partial charge < -0.3 is 13.7 Å². The molecule has 0 radical (unpaired) electrons. The first-order chi connectivity index (χ1) is 21.3. The van der Waals surface area contributed by atoms with Crippen molar-refractivity contribution in [3.63, 3.8) is 0 Å². The van der Waals surface area contributed by atoms with Crippen LogP contribution in [0.5, 0.6) is 0 Å². The van der Waals surface area contributed by atoms with Crippen LogP contribution in [-0.2, 0) is 0 Å². The number of rotatable bonds is 4. The highest BCUT2D eigenvalue weighted by atomic mass is 16.3. The van der Waals surface area contributed by atoms with E-state index in [0.29, 0.717) is 0 Å². The van der Waals surface area contributed by atoms with Crippen molar-refractivity contribution in [1.29, 1.82) is 0 Å². The van der Waals surface area contributed by atoms with E-state index in [0.717, 1.165) is 72.1 Å². The predicted molar refractivity (Wildman–Crippen MR) is 179 cm³/mol. The summed E-state index contributed by atoms with van der Waals surface area (Å²) in [5, 5.41) is 6.63. The van der Waals surface area contributed by atoms with Crippen LogP contribution < -0.4 is 4.90 Å². The van der Waals surface area contributed by atoms with Crippen molar-refractivity contribution in [3.05, 3.63) is 152 Å². The van der Waals surface area contributed by atoms with Crippen molar-refractivity contribution < 1.29 is 8.83 Å². The summed E-state index contributed by atoms with van der Waals surface area (Å²) in [6, 6.07) is 52.9. The lowest BCUT2D eigenvalue weighted by atomic mass is 9.94. The van der Waals surface area contributed by atoms with Crippen molar-refractivity contribution in [3.8, 4) is 11.1 Å². The van der Waals surface area contributed by atoms with Crippen LogP contribution in [0.1, 0.15) is 0 Å². The molecule has 0 saturated carbocycles. The molecule has 0 spiro atoms. The highest BCUT2D eigenvalue weighted by molar-refractivity contribution is 6.25. The van der Waals surface area contributed by atoms with E-state index in [1.54, 1.807) is 0 Å². The molecule has 43 heavy (non-hydrogen) atoms. The van der Waals surface area contributed by atoms with Gasteiger partial charge in [-0.05, 0) is 70.9 Å².